The van der Waals surface area contributed by atoms with Gasteiger partial charge in [0.15, 0.2) is 0 Å². The van der Waals surface area contributed by atoms with E-state index in [1.165, 1.54) is 5.56 Å². The van der Waals surface area contributed by atoms with Gasteiger partial charge in [-0.1, -0.05) is 30.3 Å². The van der Waals surface area contributed by atoms with Gasteiger partial charge in [-0.15, -0.1) is 0 Å². The number of benzene rings is 1. The summed E-state index contributed by atoms with van der Waals surface area (Å²) in [4.78, 5) is 20.5. The Balaban J connectivity index is 1.13. The van der Waals surface area contributed by atoms with Gasteiger partial charge in [-0.2, -0.15) is 15.4 Å². The Morgan fingerprint density at radius 3 is 2.53 bits per heavy atom. The molecule has 2 aliphatic carbocycles. The van der Waals surface area contributed by atoms with Gasteiger partial charge in [0, 0.05) is 23.7 Å². The molecule has 0 radical (unpaired) electrons. The fourth-order valence-corrected chi connectivity index (χ4v) is 5.40. The summed E-state index contributed by atoms with van der Waals surface area (Å²) in [5.41, 5.74) is 6.01. The summed E-state index contributed by atoms with van der Waals surface area (Å²) >= 11 is 0. The molecular weight excluding hydrogens is 428 g/mol. The monoisotopic (exact) mass is 454 g/mol. The van der Waals surface area contributed by atoms with Crippen LogP contribution in [0.25, 0.3) is 17.3 Å². The number of nitrogens with zero attached hydrogens (tertiary/aromatic N) is 4. The Kier molecular flexibility index (Phi) is 5.20. The third-order valence-corrected chi connectivity index (χ3v) is 7.28. The highest BCUT2D eigenvalue weighted by molar-refractivity contribution is 6.00. The van der Waals surface area contributed by atoms with E-state index >= 15 is 0 Å². The minimum atomic E-state index is -0.679. The molecule has 6 rings (SSSR count). The Hall–Kier alpha value is -3.81. The summed E-state index contributed by atoms with van der Waals surface area (Å²) in [5.74, 6) is 0.987. The lowest BCUT2D eigenvalue weighted by atomic mass is 9.77. The summed E-state index contributed by atoms with van der Waals surface area (Å²) in [5, 5.41) is 23.6. The second-order valence-corrected chi connectivity index (χ2v) is 9.42. The van der Waals surface area contributed by atoms with E-state index in [0.717, 1.165) is 59.7 Å². The van der Waals surface area contributed by atoms with E-state index in [1.54, 1.807) is 0 Å². The van der Waals surface area contributed by atoms with E-state index in [9.17, 15) is 4.79 Å². The predicted molar refractivity (Wildman–Crippen MR) is 128 cm³/mol. The number of H-pyrrole nitrogens is 1. The van der Waals surface area contributed by atoms with Gasteiger partial charge >= 0.3 is 5.97 Å². The summed E-state index contributed by atoms with van der Waals surface area (Å²) in [6.45, 7) is 0. The number of aliphatic carboxylic acids is 1. The zero-order chi connectivity index (χ0) is 23.1. The highest BCUT2D eigenvalue weighted by atomic mass is 16.4. The van der Waals surface area contributed by atoms with Crippen LogP contribution in [-0.2, 0) is 4.79 Å². The largest absolute Gasteiger partial charge is 0.481 e. The number of carboxylic acids is 1. The van der Waals surface area contributed by atoms with E-state index in [1.807, 2.05) is 18.3 Å². The lowest BCUT2D eigenvalue weighted by molar-refractivity contribution is -0.138. The van der Waals surface area contributed by atoms with E-state index in [-0.39, 0.29) is 12.1 Å². The molecule has 0 bridgehead atoms. The molecule has 1 aliphatic heterocycles. The number of hydrogen-bond acceptors (Lipinski definition) is 6. The lowest BCUT2D eigenvalue weighted by Gasteiger charge is -2.28. The molecule has 1 fully saturated rings. The first-order chi connectivity index (χ1) is 16.6. The Labute approximate surface area is 197 Å². The van der Waals surface area contributed by atoms with Gasteiger partial charge in [0.25, 0.3) is 0 Å². The molecule has 3 aliphatic rings. The standard InChI is InChI=1S/C26H26N6O2/c33-23(34)13-15-1-3-16(4-2-15)17-5-7-18(8-6-17)20-10-9-19(14-27-20)26-28-21-11-12-22-25(24(21)29-26)31-32-30-22/h5-12,14-16,21,24H,1-4,13H2,(H,28,29)(H,33,34)(H,30,31,32). The molecule has 2 aromatic heterocycles. The number of fused-ring (bicyclic) bond motifs is 3. The van der Waals surface area contributed by atoms with E-state index < -0.39 is 5.97 Å². The number of aromatic nitrogens is 4. The number of amidine groups is 1. The number of rotatable bonds is 5. The van der Waals surface area contributed by atoms with Crippen LogP contribution in [0.5, 0.6) is 0 Å². The first kappa shape index (κ1) is 20.8. The van der Waals surface area contributed by atoms with Crippen LogP contribution in [0.1, 0.15) is 66.6 Å². The zero-order valence-electron chi connectivity index (χ0n) is 18.7. The number of carboxylic acid groups (broad SMARTS) is 1. The second kappa shape index (κ2) is 8.52. The van der Waals surface area contributed by atoms with Gasteiger partial charge in [-0.25, -0.2) is 0 Å². The molecular formula is C26H26N6O2. The maximum atomic E-state index is 11.0. The Morgan fingerprint density at radius 2 is 1.79 bits per heavy atom. The number of nitrogens with one attached hydrogen (secondary N) is 2. The van der Waals surface area contributed by atoms with Crippen molar-refractivity contribution in [2.45, 2.75) is 50.1 Å². The van der Waals surface area contributed by atoms with Crippen molar-refractivity contribution in [2.75, 3.05) is 0 Å². The molecule has 172 valence electrons. The Bertz CT molecular complexity index is 1250. The number of aliphatic imine (C=N–C) groups is 1. The van der Waals surface area contributed by atoms with Crippen molar-refractivity contribution < 1.29 is 9.90 Å². The van der Waals surface area contributed by atoms with Crippen molar-refractivity contribution in [2.24, 2.45) is 10.9 Å². The fourth-order valence-electron chi connectivity index (χ4n) is 5.40. The lowest BCUT2D eigenvalue weighted by Crippen LogP contribution is -2.31. The molecule has 8 nitrogen and oxygen atoms in total. The molecule has 3 N–H and O–H groups in total. The maximum Gasteiger partial charge on any atom is 0.303 e. The van der Waals surface area contributed by atoms with Crippen molar-refractivity contribution in [1.82, 2.24) is 25.7 Å². The summed E-state index contributed by atoms with van der Waals surface area (Å²) < 4.78 is 0. The number of hydrogen-bond donors (Lipinski definition) is 3. The minimum Gasteiger partial charge on any atom is -0.481 e. The SMILES string of the molecule is O=C(O)CC1CCC(c2ccc(-c3ccc(C4=NC5c6n[nH]nc6C=CC5N4)cn3)cc2)CC1. The van der Waals surface area contributed by atoms with Gasteiger partial charge in [-0.05, 0) is 61.3 Å². The highest BCUT2D eigenvalue weighted by Crippen LogP contribution is 2.37. The van der Waals surface area contributed by atoms with Gasteiger partial charge in [-0.3, -0.25) is 14.8 Å². The summed E-state index contributed by atoms with van der Waals surface area (Å²) in [7, 11) is 0. The molecule has 2 unspecified atom stereocenters. The molecule has 1 saturated carbocycles. The van der Waals surface area contributed by atoms with Gasteiger partial charge in [0.05, 0.1) is 11.7 Å². The third-order valence-electron chi connectivity index (χ3n) is 7.28. The van der Waals surface area contributed by atoms with E-state index in [2.05, 4.69) is 57.1 Å². The first-order valence-corrected chi connectivity index (χ1v) is 11.9. The van der Waals surface area contributed by atoms with Crippen molar-refractivity contribution in [3.63, 3.8) is 0 Å². The molecule has 3 aromatic rings. The van der Waals surface area contributed by atoms with Crippen molar-refractivity contribution >= 4 is 17.9 Å². The zero-order valence-corrected chi connectivity index (χ0v) is 18.7. The second-order valence-electron chi connectivity index (χ2n) is 9.42. The van der Waals surface area contributed by atoms with Crippen molar-refractivity contribution in [3.05, 3.63) is 71.2 Å². The van der Waals surface area contributed by atoms with Crippen LogP contribution in [0.15, 0.2) is 53.7 Å². The van der Waals surface area contributed by atoms with Crippen molar-refractivity contribution in [1.29, 1.82) is 0 Å². The number of carbonyl (C=O) groups is 1. The third kappa shape index (κ3) is 3.89. The average Bonchev–Trinajstić information content (AvgIpc) is 3.51. The van der Waals surface area contributed by atoms with Crippen LogP contribution in [0.2, 0.25) is 0 Å². The molecule has 8 heteroatoms. The van der Waals surface area contributed by atoms with Crippen LogP contribution >= 0.6 is 0 Å². The van der Waals surface area contributed by atoms with Crippen LogP contribution < -0.4 is 5.32 Å². The topological polar surface area (TPSA) is 116 Å². The molecule has 0 saturated heterocycles. The minimum absolute atomic E-state index is 0.0693. The smallest absolute Gasteiger partial charge is 0.303 e. The van der Waals surface area contributed by atoms with Crippen LogP contribution in [-0.4, -0.2) is 43.3 Å². The Morgan fingerprint density at radius 1 is 1.00 bits per heavy atom. The van der Waals surface area contributed by atoms with Crippen molar-refractivity contribution in [3.8, 4) is 11.3 Å². The predicted octanol–water partition coefficient (Wildman–Crippen LogP) is 4.10. The summed E-state index contributed by atoms with van der Waals surface area (Å²) in [6, 6.07) is 12.8. The van der Waals surface area contributed by atoms with E-state index in [0.29, 0.717) is 18.3 Å². The molecule has 34 heavy (non-hydrogen) atoms. The number of aromatic amines is 1. The summed E-state index contributed by atoms with van der Waals surface area (Å²) in [6.07, 6.45) is 10.3. The van der Waals surface area contributed by atoms with Gasteiger partial charge in [0.2, 0.25) is 0 Å². The normalized spacial score (nSPS) is 25.2. The molecule has 0 amide bonds. The number of pyridine rings is 1. The quantitative estimate of drug-likeness (QED) is 0.534. The van der Waals surface area contributed by atoms with Crippen LogP contribution in [0.3, 0.4) is 0 Å². The van der Waals surface area contributed by atoms with E-state index in [4.69, 9.17) is 15.1 Å². The first-order valence-electron chi connectivity index (χ1n) is 11.9. The molecule has 1 aromatic carbocycles. The van der Waals surface area contributed by atoms with Crippen LogP contribution in [0, 0.1) is 5.92 Å². The molecule has 2 atom stereocenters. The van der Waals surface area contributed by atoms with Gasteiger partial charge in [0.1, 0.15) is 23.3 Å². The average molecular weight is 455 g/mol. The maximum absolute atomic E-state index is 11.0. The van der Waals surface area contributed by atoms with Crippen LogP contribution in [0.4, 0.5) is 0 Å². The highest BCUT2D eigenvalue weighted by Gasteiger charge is 2.35. The molecule has 3 heterocycles. The molecule has 0 spiro atoms. The van der Waals surface area contributed by atoms with Gasteiger partial charge < -0.3 is 10.4 Å². The fraction of sp³-hybridized carbons (Fsp3) is 0.346.